The van der Waals surface area contributed by atoms with Gasteiger partial charge in [0.1, 0.15) is 6.07 Å². The molecule has 1 aliphatic heterocycles. The minimum atomic E-state index is -0.776. The fourth-order valence-electron chi connectivity index (χ4n) is 3.02. The van der Waals surface area contributed by atoms with Crippen molar-refractivity contribution < 1.29 is 9.90 Å². The Morgan fingerprint density at radius 2 is 2.19 bits per heavy atom. The van der Waals surface area contributed by atoms with Crippen LogP contribution >= 0.6 is 0 Å². The Labute approximate surface area is 122 Å². The van der Waals surface area contributed by atoms with Crippen LogP contribution in [0.4, 0.5) is 5.69 Å². The van der Waals surface area contributed by atoms with E-state index in [1.807, 2.05) is 36.1 Å². The van der Waals surface area contributed by atoms with Crippen LogP contribution in [0.5, 0.6) is 0 Å². The summed E-state index contributed by atoms with van der Waals surface area (Å²) in [5, 5.41) is 19.5. The lowest BCUT2D eigenvalue weighted by atomic mass is 9.99. The molecule has 3 rings (SSSR count). The number of pyridine rings is 1. The standard InChI is InChI=1S/C16H15N3O2/c1-10-8-19(9-13(10)16(20)21)15-11(6-17)7-18-14-5-3-2-4-12(14)15/h2-5,7,10,13H,8-9H2,1H3,(H,20,21)/t10-,13-/m1/s1. The molecule has 1 N–H and O–H groups in total. The van der Waals surface area contributed by atoms with E-state index >= 15 is 0 Å². The van der Waals surface area contributed by atoms with Crippen LogP contribution in [-0.4, -0.2) is 29.1 Å². The maximum atomic E-state index is 11.3. The third kappa shape index (κ3) is 2.19. The first-order valence-corrected chi connectivity index (χ1v) is 6.87. The highest BCUT2D eigenvalue weighted by Crippen LogP contribution is 2.35. The molecule has 0 amide bonds. The lowest BCUT2D eigenvalue weighted by Crippen LogP contribution is -2.24. The maximum Gasteiger partial charge on any atom is 0.308 e. The largest absolute Gasteiger partial charge is 0.481 e. The molecule has 1 fully saturated rings. The lowest BCUT2D eigenvalue weighted by molar-refractivity contribution is -0.142. The molecular weight excluding hydrogens is 266 g/mol. The molecule has 2 atom stereocenters. The average molecular weight is 281 g/mol. The molecule has 1 saturated heterocycles. The van der Waals surface area contributed by atoms with Gasteiger partial charge in [0.05, 0.1) is 22.7 Å². The molecular formula is C16H15N3O2. The molecule has 1 aliphatic rings. The number of fused-ring (bicyclic) bond motifs is 1. The number of nitriles is 1. The fourth-order valence-corrected chi connectivity index (χ4v) is 3.02. The Morgan fingerprint density at radius 3 is 2.86 bits per heavy atom. The summed E-state index contributed by atoms with van der Waals surface area (Å²) in [6.45, 7) is 3.01. The fraction of sp³-hybridized carbons (Fsp3) is 0.312. The van der Waals surface area contributed by atoms with E-state index in [0.717, 1.165) is 16.6 Å². The van der Waals surface area contributed by atoms with Gasteiger partial charge in [-0.05, 0) is 12.0 Å². The summed E-state index contributed by atoms with van der Waals surface area (Å²) < 4.78 is 0. The number of aromatic nitrogens is 1. The molecule has 0 unspecified atom stereocenters. The van der Waals surface area contributed by atoms with Crippen molar-refractivity contribution in [3.63, 3.8) is 0 Å². The average Bonchev–Trinajstić information content (AvgIpc) is 2.87. The second-order valence-electron chi connectivity index (χ2n) is 5.48. The van der Waals surface area contributed by atoms with E-state index in [1.54, 1.807) is 6.20 Å². The van der Waals surface area contributed by atoms with Crippen molar-refractivity contribution in [1.29, 1.82) is 5.26 Å². The zero-order chi connectivity index (χ0) is 15.0. The number of para-hydroxylation sites is 1. The van der Waals surface area contributed by atoms with Gasteiger partial charge in [0, 0.05) is 24.7 Å². The molecule has 5 nitrogen and oxygen atoms in total. The highest BCUT2D eigenvalue weighted by atomic mass is 16.4. The molecule has 106 valence electrons. The van der Waals surface area contributed by atoms with Crippen molar-refractivity contribution in [3.05, 3.63) is 36.0 Å². The number of rotatable bonds is 2. The second kappa shape index (κ2) is 5.06. The van der Waals surface area contributed by atoms with Gasteiger partial charge in [0.15, 0.2) is 0 Å². The van der Waals surface area contributed by atoms with E-state index < -0.39 is 11.9 Å². The van der Waals surface area contributed by atoms with E-state index in [4.69, 9.17) is 0 Å². The SMILES string of the molecule is C[C@@H]1CN(c2c(C#N)cnc3ccccc23)C[C@H]1C(=O)O. The van der Waals surface area contributed by atoms with Gasteiger partial charge in [-0.2, -0.15) is 5.26 Å². The highest BCUT2D eigenvalue weighted by molar-refractivity contribution is 5.94. The molecule has 0 spiro atoms. The number of hydrogen-bond donors (Lipinski definition) is 1. The number of anilines is 1. The molecule has 0 bridgehead atoms. The van der Waals surface area contributed by atoms with E-state index in [-0.39, 0.29) is 5.92 Å². The highest BCUT2D eigenvalue weighted by Gasteiger charge is 2.36. The third-order valence-electron chi connectivity index (χ3n) is 4.11. The molecule has 1 aromatic carbocycles. The van der Waals surface area contributed by atoms with Gasteiger partial charge in [-0.3, -0.25) is 9.78 Å². The van der Waals surface area contributed by atoms with Crippen molar-refractivity contribution in [2.24, 2.45) is 11.8 Å². The number of nitrogens with zero attached hydrogens (tertiary/aromatic N) is 3. The smallest absolute Gasteiger partial charge is 0.308 e. The normalized spacial score (nSPS) is 21.4. The first-order valence-electron chi connectivity index (χ1n) is 6.87. The van der Waals surface area contributed by atoms with E-state index in [9.17, 15) is 15.2 Å². The van der Waals surface area contributed by atoms with Crippen LogP contribution in [0, 0.1) is 23.2 Å². The Balaban J connectivity index is 2.12. The van der Waals surface area contributed by atoms with Crippen LogP contribution in [0.25, 0.3) is 10.9 Å². The van der Waals surface area contributed by atoms with Gasteiger partial charge in [-0.1, -0.05) is 25.1 Å². The van der Waals surface area contributed by atoms with Gasteiger partial charge in [0.2, 0.25) is 0 Å². The molecule has 2 heterocycles. The van der Waals surface area contributed by atoms with E-state index in [0.29, 0.717) is 18.7 Å². The molecule has 1 aromatic heterocycles. The molecule has 0 aliphatic carbocycles. The van der Waals surface area contributed by atoms with Crippen LogP contribution in [0.1, 0.15) is 12.5 Å². The number of carboxylic acid groups (broad SMARTS) is 1. The zero-order valence-corrected chi connectivity index (χ0v) is 11.7. The minimum Gasteiger partial charge on any atom is -0.481 e. The van der Waals surface area contributed by atoms with Crippen LogP contribution in [0.3, 0.4) is 0 Å². The quantitative estimate of drug-likeness (QED) is 0.913. The predicted molar refractivity (Wildman–Crippen MR) is 79.0 cm³/mol. The summed E-state index contributed by atoms with van der Waals surface area (Å²) in [7, 11) is 0. The van der Waals surface area contributed by atoms with E-state index in [2.05, 4.69) is 11.1 Å². The Kier molecular flexibility index (Phi) is 3.22. The molecule has 5 heteroatoms. The van der Waals surface area contributed by atoms with Crippen molar-refractivity contribution in [1.82, 2.24) is 4.98 Å². The van der Waals surface area contributed by atoms with Crippen LogP contribution in [-0.2, 0) is 4.79 Å². The van der Waals surface area contributed by atoms with Gasteiger partial charge >= 0.3 is 5.97 Å². The number of hydrogen-bond acceptors (Lipinski definition) is 4. The van der Waals surface area contributed by atoms with Crippen molar-refractivity contribution in [3.8, 4) is 6.07 Å². The van der Waals surface area contributed by atoms with Crippen LogP contribution in [0.15, 0.2) is 30.5 Å². The third-order valence-corrected chi connectivity index (χ3v) is 4.11. The Bertz CT molecular complexity index is 751. The van der Waals surface area contributed by atoms with Gasteiger partial charge < -0.3 is 10.0 Å². The number of carboxylic acids is 1. The van der Waals surface area contributed by atoms with Crippen LogP contribution < -0.4 is 4.90 Å². The topological polar surface area (TPSA) is 77.2 Å². The number of benzene rings is 1. The summed E-state index contributed by atoms with van der Waals surface area (Å²) >= 11 is 0. The molecule has 0 radical (unpaired) electrons. The van der Waals surface area contributed by atoms with E-state index in [1.165, 1.54) is 0 Å². The van der Waals surface area contributed by atoms with Gasteiger partial charge in [0.25, 0.3) is 0 Å². The second-order valence-corrected chi connectivity index (χ2v) is 5.48. The van der Waals surface area contributed by atoms with Crippen LogP contribution in [0.2, 0.25) is 0 Å². The maximum absolute atomic E-state index is 11.3. The summed E-state index contributed by atoms with van der Waals surface area (Å²) in [5.74, 6) is -1.12. The summed E-state index contributed by atoms with van der Waals surface area (Å²) in [5.41, 5.74) is 2.11. The minimum absolute atomic E-state index is 0.0565. The van der Waals surface area contributed by atoms with Crippen molar-refractivity contribution in [2.75, 3.05) is 18.0 Å². The molecule has 21 heavy (non-hydrogen) atoms. The molecule has 2 aromatic rings. The predicted octanol–water partition coefficient (Wildman–Crippen LogP) is 2.26. The zero-order valence-electron chi connectivity index (χ0n) is 11.7. The van der Waals surface area contributed by atoms with Gasteiger partial charge in [-0.25, -0.2) is 0 Å². The van der Waals surface area contributed by atoms with Crippen molar-refractivity contribution in [2.45, 2.75) is 6.92 Å². The molecule has 0 saturated carbocycles. The first-order chi connectivity index (χ1) is 10.1. The number of carbonyl (C=O) groups is 1. The lowest BCUT2D eigenvalue weighted by Gasteiger charge is -2.21. The summed E-state index contributed by atoms with van der Waals surface area (Å²) in [4.78, 5) is 17.6. The monoisotopic (exact) mass is 281 g/mol. The summed E-state index contributed by atoms with van der Waals surface area (Å²) in [6.07, 6.45) is 1.57. The van der Waals surface area contributed by atoms with Gasteiger partial charge in [-0.15, -0.1) is 0 Å². The Hall–Kier alpha value is -2.61. The Morgan fingerprint density at radius 1 is 1.43 bits per heavy atom. The number of aliphatic carboxylic acids is 1. The first kappa shape index (κ1) is 13.4. The summed E-state index contributed by atoms with van der Waals surface area (Å²) in [6, 6.07) is 9.80. The van der Waals surface area contributed by atoms with Crippen molar-refractivity contribution >= 4 is 22.6 Å².